The van der Waals surface area contributed by atoms with Gasteiger partial charge in [0.05, 0.1) is 17.1 Å². The van der Waals surface area contributed by atoms with Gasteiger partial charge in [0.1, 0.15) is 16.9 Å². The molecular formula is C26H29FN4O4S. The number of amides is 2. The van der Waals surface area contributed by atoms with E-state index in [4.69, 9.17) is 4.74 Å². The highest BCUT2D eigenvalue weighted by atomic mass is 32.2. The second-order valence-corrected chi connectivity index (χ2v) is 10.4. The quantitative estimate of drug-likeness (QED) is 0.408. The number of rotatable bonds is 9. The van der Waals surface area contributed by atoms with Gasteiger partial charge in [0.15, 0.2) is 6.61 Å². The van der Waals surface area contributed by atoms with Crippen LogP contribution in [-0.2, 0) is 24.5 Å². The van der Waals surface area contributed by atoms with Crippen molar-refractivity contribution in [1.29, 1.82) is 0 Å². The van der Waals surface area contributed by atoms with E-state index in [-0.39, 0.29) is 17.1 Å². The summed E-state index contributed by atoms with van der Waals surface area (Å²) in [5, 5.41) is 9.36. The lowest BCUT2D eigenvalue weighted by Crippen LogP contribution is -2.26. The zero-order chi connectivity index (χ0) is 26.3. The van der Waals surface area contributed by atoms with Crippen LogP contribution in [0.3, 0.4) is 0 Å². The predicted octanol–water partition coefficient (Wildman–Crippen LogP) is 4.55. The van der Waals surface area contributed by atoms with Crippen molar-refractivity contribution < 1.29 is 23.5 Å². The number of halogens is 1. The van der Waals surface area contributed by atoms with E-state index in [2.05, 4.69) is 15.7 Å². The van der Waals surface area contributed by atoms with E-state index in [1.54, 1.807) is 17.7 Å². The highest BCUT2D eigenvalue weighted by Crippen LogP contribution is 2.26. The third-order valence-corrected chi connectivity index (χ3v) is 6.14. The summed E-state index contributed by atoms with van der Waals surface area (Å²) in [7, 11) is 0. The lowest BCUT2D eigenvalue weighted by atomic mass is 9.92. The molecule has 0 aliphatic carbocycles. The number of carbonyl (C=O) groups is 3. The van der Waals surface area contributed by atoms with Gasteiger partial charge < -0.3 is 15.4 Å². The summed E-state index contributed by atoms with van der Waals surface area (Å²) in [4.78, 5) is 36.9. The van der Waals surface area contributed by atoms with E-state index < -0.39 is 29.6 Å². The van der Waals surface area contributed by atoms with Gasteiger partial charge in [-0.05, 0) is 43.3 Å². The summed E-state index contributed by atoms with van der Waals surface area (Å²) in [6.07, 6.45) is 0. The van der Waals surface area contributed by atoms with E-state index in [1.165, 1.54) is 24.3 Å². The van der Waals surface area contributed by atoms with E-state index in [0.29, 0.717) is 11.5 Å². The van der Waals surface area contributed by atoms with Crippen LogP contribution in [0.15, 0.2) is 60.7 Å². The fourth-order valence-electron chi connectivity index (χ4n) is 3.03. The number of anilines is 2. The van der Waals surface area contributed by atoms with Gasteiger partial charge in [-0.15, -0.1) is 11.8 Å². The largest absolute Gasteiger partial charge is 0.455 e. The summed E-state index contributed by atoms with van der Waals surface area (Å²) in [5.74, 6) is -1.41. The summed E-state index contributed by atoms with van der Waals surface area (Å²) >= 11 is 1.07. The molecule has 10 heteroatoms. The fourth-order valence-corrected chi connectivity index (χ4v) is 3.71. The number of thioether (sulfide) groups is 1. The molecule has 0 saturated heterocycles. The van der Waals surface area contributed by atoms with Crippen LogP contribution in [0.4, 0.5) is 15.9 Å². The average Bonchev–Trinajstić information content (AvgIpc) is 3.27. The van der Waals surface area contributed by atoms with Crippen molar-refractivity contribution in [3.8, 4) is 5.69 Å². The van der Waals surface area contributed by atoms with Gasteiger partial charge in [0.25, 0.3) is 5.91 Å². The molecule has 1 heterocycles. The Labute approximate surface area is 213 Å². The SMILES string of the molecule is CC(SCC(=O)Nc1ccc(F)cc1)C(=O)OCC(=O)Nc1cc(C(C)(C)C)nn1-c1ccccc1. The maximum atomic E-state index is 13.0. The highest BCUT2D eigenvalue weighted by molar-refractivity contribution is 8.01. The molecule has 8 nitrogen and oxygen atoms in total. The lowest BCUT2D eigenvalue weighted by molar-refractivity contribution is -0.146. The monoisotopic (exact) mass is 512 g/mol. The standard InChI is InChI=1S/C26H29FN4O4S/c1-17(36-16-24(33)28-19-12-10-18(27)11-13-19)25(34)35-15-23(32)29-22-14-21(26(2,3)4)30-31(22)20-8-6-5-7-9-20/h5-14,17H,15-16H2,1-4H3,(H,28,33)(H,29,32). The molecule has 190 valence electrons. The molecule has 0 saturated carbocycles. The van der Waals surface area contributed by atoms with Crippen molar-refractivity contribution in [2.75, 3.05) is 23.0 Å². The van der Waals surface area contributed by atoms with Gasteiger partial charge in [-0.25, -0.2) is 9.07 Å². The van der Waals surface area contributed by atoms with E-state index in [9.17, 15) is 18.8 Å². The molecule has 2 aromatic carbocycles. The zero-order valence-corrected chi connectivity index (χ0v) is 21.4. The van der Waals surface area contributed by atoms with Crippen molar-refractivity contribution in [2.24, 2.45) is 0 Å². The molecule has 0 spiro atoms. The Morgan fingerprint density at radius 3 is 2.33 bits per heavy atom. The first-order valence-corrected chi connectivity index (χ1v) is 12.4. The third kappa shape index (κ3) is 7.67. The molecular weight excluding hydrogens is 483 g/mol. The van der Waals surface area contributed by atoms with Gasteiger partial charge in [0, 0.05) is 17.2 Å². The molecule has 1 aromatic heterocycles. The van der Waals surface area contributed by atoms with Gasteiger partial charge in [-0.1, -0.05) is 39.0 Å². The van der Waals surface area contributed by atoms with Crippen LogP contribution >= 0.6 is 11.8 Å². The van der Waals surface area contributed by atoms with Crippen molar-refractivity contribution in [2.45, 2.75) is 38.4 Å². The molecule has 1 atom stereocenters. The van der Waals surface area contributed by atoms with Crippen LogP contribution in [0, 0.1) is 5.82 Å². The Morgan fingerprint density at radius 1 is 1.03 bits per heavy atom. The molecule has 2 N–H and O–H groups in total. The first-order valence-electron chi connectivity index (χ1n) is 11.3. The van der Waals surface area contributed by atoms with Crippen molar-refractivity contribution >= 4 is 41.1 Å². The van der Waals surface area contributed by atoms with Gasteiger partial charge in [-0.3, -0.25) is 14.4 Å². The second kappa shape index (κ2) is 11.9. The Balaban J connectivity index is 1.51. The van der Waals surface area contributed by atoms with E-state index in [1.807, 2.05) is 51.1 Å². The van der Waals surface area contributed by atoms with E-state index in [0.717, 1.165) is 23.1 Å². The number of hydrogen-bond donors (Lipinski definition) is 2. The Morgan fingerprint density at radius 2 is 1.69 bits per heavy atom. The van der Waals surface area contributed by atoms with Crippen LogP contribution in [0.1, 0.15) is 33.4 Å². The molecule has 3 aromatic rings. The van der Waals surface area contributed by atoms with Crippen molar-refractivity contribution in [3.05, 3.63) is 72.2 Å². The Hall–Kier alpha value is -3.66. The molecule has 1 unspecified atom stereocenters. The molecule has 0 radical (unpaired) electrons. The maximum absolute atomic E-state index is 13.0. The number of aromatic nitrogens is 2. The zero-order valence-electron chi connectivity index (χ0n) is 20.6. The smallest absolute Gasteiger partial charge is 0.319 e. The van der Waals surface area contributed by atoms with E-state index >= 15 is 0 Å². The number of hydrogen-bond acceptors (Lipinski definition) is 6. The first-order chi connectivity index (χ1) is 17.0. The van der Waals surface area contributed by atoms with Crippen LogP contribution < -0.4 is 10.6 Å². The third-order valence-electron chi connectivity index (χ3n) is 5.02. The maximum Gasteiger partial charge on any atom is 0.319 e. The number of benzene rings is 2. The minimum atomic E-state index is -0.667. The summed E-state index contributed by atoms with van der Waals surface area (Å²) in [6.45, 7) is 7.19. The summed E-state index contributed by atoms with van der Waals surface area (Å²) in [6, 6.07) is 16.6. The number of para-hydroxylation sites is 1. The van der Waals surface area contributed by atoms with Crippen molar-refractivity contribution in [3.63, 3.8) is 0 Å². The molecule has 3 rings (SSSR count). The van der Waals surface area contributed by atoms with Gasteiger partial charge in [-0.2, -0.15) is 5.10 Å². The normalized spacial score (nSPS) is 12.0. The minimum absolute atomic E-state index is 0.00825. The number of ether oxygens (including phenoxy) is 1. The average molecular weight is 513 g/mol. The highest BCUT2D eigenvalue weighted by Gasteiger charge is 2.22. The van der Waals surface area contributed by atoms with Crippen LogP contribution in [0.2, 0.25) is 0 Å². The molecule has 0 aliphatic rings. The topological polar surface area (TPSA) is 102 Å². The molecule has 0 aliphatic heterocycles. The molecule has 0 fully saturated rings. The summed E-state index contributed by atoms with van der Waals surface area (Å²) in [5.41, 5.74) is 1.80. The number of carbonyl (C=O) groups excluding carboxylic acids is 3. The van der Waals surface area contributed by atoms with Crippen LogP contribution in [0.5, 0.6) is 0 Å². The molecule has 0 bridgehead atoms. The number of nitrogens with zero attached hydrogens (tertiary/aromatic N) is 2. The summed E-state index contributed by atoms with van der Waals surface area (Å²) < 4.78 is 19.7. The Kier molecular flexibility index (Phi) is 8.87. The molecule has 2 amide bonds. The number of esters is 1. The minimum Gasteiger partial charge on any atom is -0.455 e. The van der Waals surface area contributed by atoms with Gasteiger partial charge >= 0.3 is 5.97 Å². The van der Waals surface area contributed by atoms with Crippen LogP contribution in [-0.4, -0.2) is 45.2 Å². The van der Waals surface area contributed by atoms with Crippen LogP contribution in [0.25, 0.3) is 5.69 Å². The van der Waals surface area contributed by atoms with Crippen molar-refractivity contribution in [1.82, 2.24) is 9.78 Å². The second-order valence-electron chi connectivity index (χ2n) is 9.08. The molecule has 36 heavy (non-hydrogen) atoms. The van der Waals surface area contributed by atoms with Gasteiger partial charge in [0.2, 0.25) is 5.91 Å². The fraction of sp³-hybridized carbons (Fsp3) is 0.308. The lowest BCUT2D eigenvalue weighted by Gasteiger charge is -2.14. The Bertz CT molecular complexity index is 1210. The predicted molar refractivity (Wildman–Crippen MR) is 139 cm³/mol. The number of nitrogens with one attached hydrogen (secondary N) is 2. The first kappa shape index (κ1) is 26.9.